The normalized spacial score (nSPS) is 15.2. The fourth-order valence-corrected chi connectivity index (χ4v) is 3.58. The van der Waals surface area contributed by atoms with Gasteiger partial charge in [0.15, 0.2) is 0 Å². The molecule has 0 spiro atoms. The first-order chi connectivity index (χ1) is 13.3. The van der Waals surface area contributed by atoms with Crippen molar-refractivity contribution in [3.05, 3.63) is 71.2 Å². The predicted molar refractivity (Wildman–Crippen MR) is 113 cm³/mol. The second-order valence-corrected chi connectivity index (χ2v) is 6.95. The van der Waals surface area contributed by atoms with Crippen molar-refractivity contribution in [3.8, 4) is 5.75 Å². The van der Waals surface area contributed by atoms with Crippen LogP contribution < -0.4 is 10.1 Å². The van der Waals surface area contributed by atoms with Crippen LogP contribution in [-0.4, -0.2) is 44.0 Å². The fraction of sp³-hybridized carbons (Fsp3) is 0.227. The van der Waals surface area contributed by atoms with Gasteiger partial charge in [-0.05, 0) is 35.7 Å². The number of benzene rings is 3. The lowest BCUT2D eigenvalue weighted by molar-refractivity contribution is 0.356. The molecule has 0 unspecified atom stereocenters. The molecule has 0 bridgehead atoms. The molecular formula is C22H22ClN3O. The highest BCUT2D eigenvalue weighted by molar-refractivity contribution is 6.30. The van der Waals surface area contributed by atoms with E-state index < -0.39 is 0 Å². The number of halogens is 1. The number of hydrogen-bond donors (Lipinski definition) is 1. The molecule has 0 atom stereocenters. The van der Waals surface area contributed by atoms with Gasteiger partial charge in [-0.3, -0.25) is 0 Å². The Morgan fingerprint density at radius 2 is 1.74 bits per heavy atom. The Balaban J connectivity index is 1.87. The average molecular weight is 380 g/mol. The Morgan fingerprint density at radius 1 is 1.00 bits per heavy atom. The van der Waals surface area contributed by atoms with Crippen molar-refractivity contribution in [2.45, 2.75) is 0 Å². The summed E-state index contributed by atoms with van der Waals surface area (Å²) in [5.74, 6) is 1.79. The van der Waals surface area contributed by atoms with Crippen LogP contribution in [0.1, 0.15) is 5.56 Å². The minimum atomic E-state index is 0.709. The molecule has 0 aromatic heterocycles. The van der Waals surface area contributed by atoms with Gasteiger partial charge in [0.05, 0.1) is 18.4 Å². The maximum Gasteiger partial charge on any atom is 0.140 e. The summed E-state index contributed by atoms with van der Waals surface area (Å²) >= 11 is 6.04. The third-order valence-electron chi connectivity index (χ3n) is 4.80. The first-order valence-corrected chi connectivity index (χ1v) is 9.50. The summed E-state index contributed by atoms with van der Waals surface area (Å²) in [6.07, 6.45) is 0. The van der Waals surface area contributed by atoms with Crippen LogP contribution in [0, 0.1) is 0 Å². The van der Waals surface area contributed by atoms with Crippen LogP contribution in [0.4, 0.5) is 5.69 Å². The number of ether oxygens (including phenoxy) is 1. The molecule has 3 aromatic rings. The van der Waals surface area contributed by atoms with Crippen LogP contribution in [-0.2, 0) is 0 Å². The number of fused-ring (bicyclic) bond motifs is 1. The van der Waals surface area contributed by atoms with Crippen LogP contribution in [0.3, 0.4) is 0 Å². The lowest BCUT2D eigenvalue weighted by Crippen LogP contribution is -2.46. The molecule has 5 heteroatoms. The number of rotatable bonds is 3. The summed E-state index contributed by atoms with van der Waals surface area (Å²) in [6.45, 7) is 3.69. The van der Waals surface area contributed by atoms with E-state index in [0.717, 1.165) is 59.8 Å². The smallest absolute Gasteiger partial charge is 0.140 e. The molecule has 138 valence electrons. The van der Waals surface area contributed by atoms with Crippen LogP contribution in [0.2, 0.25) is 5.02 Å². The second-order valence-electron chi connectivity index (χ2n) is 6.52. The SMILES string of the molecule is COc1c(C(=Nc2ccc(Cl)cc2)N2CCNCC2)ccc2ccccc12. The highest BCUT2D eigenvalue weighted by Gasteiger charge is 2.21. The Hall–Kier alpha value is -2.56. The molecule has 0 radical (unpaired) electrons. The maximum absolute atomic E-state index is 6.04. The van der Waals surface area contributed by atoms with Gasteiger partial charge in [0.2, 0.25) is 0 Å². The third kappa shape index (κ3) is 3.77. The Kier molecular flexibility index (Phi) is 5.28. The largest absolute Gasteiger partial charge is 0.495 e. The maximum atomic E-state index is 6.04. The van der Waals surface area contributed by atoms with Crippen molar-refractivity contribution in [2.24, 2.45) is 4.99 Å². The van der Waals surface area contributed by atoms with E-state index in [9.17, 15) is 0 Å². The first-order valence-electron chi connectivity index (χ1n) is 9.12. The lowest BCUT2D eigenvalue weighted by atomic mass is 10.0. The summed E-state index contributed by atoms with van der Waals surface area (Å²) < 4.78 is 5.84. The van der Waals surface area contributed by atoms with Gasteiger partial charge in [0, 0.05) is 36.6 Å². The van der Waals surface area contributed by atoms with Crippen molar-refractivity contribution in [3.63, 3.8) is 0 Å². The number of methoxy groups -OCH3 is 1. The van der Waals surface area contributed by atoms with E-state index in [0.29, 0.717) is 5.02 Å². The van der Waals surface area contributed by atoms with Gasteiger partial charge >= 0.3 is 0 Å². The highest BCUT2D eigenvalue weighted by Crippen LogP contribution is 2.32. The van der Waals surface area contributed by atoms with Crippen molar-refractivity contribution in [2.75, 3.05) is 33.3 Å². The molecule has 4 nitrogen and oxygen atoms in total. The van der Waals surface area contributed by atoms with Gasteiger partial charge < -0.3 is 15.0 Å². The number of piperazine rings is 1. The molecule has 0 aliphatic carbocycles. The zero-order valence-electron chi connectivity index (χ0n) is 15.3. The lowest BCUT2D eigenvalue weighted by Gasteiger charge is -2.31. The predicted octanol–water partition coefficient (Wildman–Crippen LogP) is 4.49. The molecular weight excluding hydrogens is 358 g/mol. The van der Waals surface area contributed by atoms with Crippen LogP contribution in [0.5, 0.6) is 5.75 Å². The molecule has 27 heavy (non-hydrogen) atoms. The number of hydrogen-bond acceptors (Lipinski definition) is 3. The van der Waals surface area contributed by atoms with E-state index in [2.05, 4.69) is 34.5 Å². The Bertz CT molecular complexity index is 963. The zero-order valence-corrected chi connectivity index (χ0v) is 16.0. The van der Waals surface area contributed by atoms with Gasteiger partial charge in [-0.2, -0.15) is 0 Å². The van der Waals surface area contributed by atoms with Gasteiger partial charge in [-0.25, -0.2) is 4.99 Å². The second kappa shape index (κ2) is 7.99. The van der Waals surface area contributed by atoms with Crippen molar-refractivity contribution in [1.29, 1.82) is 0 Å². The molecule has 1 saturated heterocycles. The first kappa shape index (κ1) is 17.8. The van der Waals surface area contributed by atoms with Crippen LogP contribution in [0.25, 0.3) is 10.8 Å². The molecule has 0 saturated carbocycles. The number of nitrogens with one attached hydrogen (secondary N) is 1. The van der Waals surface area contributed by atoms with Crippen molar-refractivity contribution in [1.82, 2.24) is 10.2 Å². The quantitative estimate of drug-likeness (QED) is 0.538. The molecule has 3 aromatic carbocycles. The average Bonchev–Trinajstić information content (AvgIpc) is 2.73. The number of nitrogens with zero attached hydrogens (tertiary/aromatic N) is 2. The summed E-state index contributed by atoms with van der Waals surface area (Å²) in [6, 6.07) is 20.1. The van der Waals surface area contributed by atoms with E-state index in [-0.39, 0.29) is 0 Å². The Labute approximate surface area is 164 Å². The number of aliphatic imine (C=N–C) groups is 1. The van der Waals surface area contributed by atoms with E-state index in [1.165, 1.54) is 0 Å². The minimum Gasteiger partial charge on any atom is -0.495 e. The molecule has 1 heterocycles. The summed E-state index contributed by atoms with van der Waals surface area (Å²) in [5, 5.41) is 6.37. The molecule has 0 amide bonds. The van der Waals surface area contributed by atoms with Gasteiger partial charge in [0.1, 0.15) is 11.6 Å². The fourth-order valence-electron chi connectivity index (χ4n) is 3.45. The third-order valence-corrected chi connectivity index (χ3v) is 5.05. The molecule has 1 fully saturated rings. The zero-order chi connectivity index (χ0) is 18.6. The standard InChI is InChI=1S/C22H22ClN3O/c1-27-21-19-5-3-2-4-16(19)6-11-20(21)22(26-14-12-24-13-15-26)25-18-9-7-17(23)8-10-18/h2-11,24H,12-15H2,1H3. The van der Waals surface area contributed by atoms with Crippen molar-refractivity contribution < 1.29 is 4.74 Å². The monoisotopic (exact) mass is 379 g/mol. The summed E-state index contributed by atoms with van der Waals surface area (Å²) in [5.41, 5.74) is 1.89. The van der Waals surface area contributed by atoms with E-state index in [1.807, 2.05) is 36.4 Å². The van der Waals surface area contributed by atoms with Gasteiger partial charge in [-0.15, -0.1) is 0 Å². The molecule has 1 aliphatic rings. The molecule has 1 aliphatic heterocycles. The van der Waals surface area contributed by atoms with E-state index in [4.69, 9.17) is 21.3 Å². The van der Waals surface area contributed by atoms with Gasteiger partial charge in [-0.1, -0.05) is 41.9 Å². The van der Waals surface area contributed by atoms with Crippen LogP contribution >= 0.6 is 11.6 Å². The van der Waals surface area contributed by atoms with Gasteiger partial charge in [0.25, 0.3) is 0 Å². The highest BCUT2D eigenvalue weighted by atomic mass is 35.5. The van der Waals surface area contributed by atoms with E-state index >= 15 is 0 Å². The topological polar surface area (TPSA) is 36.9 Å². The van der Waals surface area contributed by atoms with Crippen molar-refractivity contribution >= 4 is 33.9 Å². The van der Waals surface area contributed by atoms with Crippen LogP contribution in [0.15, 0.2) is 65.7 Å². The van der Waals surface area contributed by atoms with E-state index in [1.54, 1.807) is 7.11 Å². The minimum absolute atomic E-state index is 0.709. The molecule has 4 rings (SSSR count). The molecule has 1 N–H and O–H groups in total. The summed E-state index contributed by atoms with van der Waals surface area (Å²) in [7, 11) is 1.73. The number of amidine groups is 1. The Morgan fingerprint density at radius 3 is 2.48 bits per heavy atom. The summed E-state index contributed by atoms with van der Waals surface area (Å²) in [4.78, 5) is 7.30.